The van der Waals surface area contributed by atoms with Crippen LogP contribution in [0.15, 0.2) is 18.2 Å². The molecule has 6 heteroatoms. The van der Waals surface area contributed by atoms with Gasteiger partial charge in [0.05, 0.1) is 24.3 Å². The van der Waals surface area contributed by atoms with Gasteiger partial charge in [0.25, 0.3) is 0 Å². The van der Waals surface area contributed by atoms with Crippen LogP contribution in [0, 0.1) is 5.82 Å². The van der Waals surface area contributed by atoms with Crippen molar-refractivity contribution in [3.05, 3.63) is 34.6 Å². The van der Waals surface area contributed by atoms with E-state index < -0.39 is 6.10 Å². The maximum Gasteiger partial charge on any atom is 0.146 e. The molecular weight excluding hydrogens is 295 g/mol. The molecule has 0 bridgehead atoms. The summed E-state index contributed by atoms with van der Waals surface area (Å²) in [6.07, 6.45) is -0.463. The van der Waals surface area contributed by atoms with Gasteiger partial charge in [-0.1, -0.05) is 23.7 Å². The molecule has 1 aliphatic rings. The molecule has 21 heavy (non-hydrogen) atoms. The number of aliphatic hydroxyl groups is 1. The molecule has 0 amide bonds. The summed E-state index contributed by atoms with van der Waals surface area (Å²) in [6.45, 7) is 4.67. The Labute approximate surface area is 130 Å². The fraction of sp³-hybridized carbons (Fsp3) is 0.600. The Morgan fingerprint density at radius 3 is 2.86 bits per heavy atom. The van der Waals surface area contributed by atoms with E-state index in [1.165, 1.54) is 6.07 Å². The summed E-state index contributed by atoms with van der Waals surface area (Å²) in [5, 5.41) is 10.3. The highest BCUT2D eigenvalue weighted by Crippen LogP contribution is 2.19. The molecule has 0 aliphatic carbocycles. The third kappa shape index (κ3) is 5.20. The van der Waals surface area contributed by atoms with E-state index in [-0.39, 0.29) is 10.8 Å². The molecule has 1 aromatic carbocycles. The summed E-state index contributed by atoms with van der Waals surface area (Å²) < 4.78 is 19.1. The van der Waals surface area contributed by atoms with Crippen molar-refractivity contribution in [2.45, 2.75) is 12.6 Å². The number of nitrogens with zero attached hydrogens (tertiary/aromatic N) is 2. The zero-order valence-electron chi connectivity index (χ0n) is 12.3. The van der Waals surface area contributed by atoms with Gasteiger partial charge >= 0.3 is 0 Å². The maximum absolute atomic E-state index is 13.8. The molecule has 0 saturated carbocycles. The standard InChI is InChI=1S/C15H22ClFN2O2/c1-18(9-12-3-2-4-14(16)15(12)17)10-13(20)11-19-5-7-21-8-6-19/h2-4,13,20H,5-11H2,1H3. The number of ether oxygens (including phenoxy) is 1. The predicted octanol–water partition coefficient (Wildman–Crippen LogP) is 1.60. The zero-order valence-corrected chi connectivity index (χ0v) is 13.0. The van der Waals surface area contributed by atoms with Crippen LogP contribution in [0.1, 0.15) is 5.56 Å². The largest absolute Gasteiger partial charge is 0.390 e. The van der Waals surface area contributed by atoms with Gasteiger partial charge in [-0.15, -0.1) is 0 Å². The van der Waals surface area contributed by atoms with Gasteiger partial charge < -0.3 is 9.84 Å². The highest BCUT2D eigenvalue weighted by atomic mass is 35.5. The van der Waals surface area contributed by atoms with Crippen LogP contribution in [0.3, 0.4) is 0 Å². The molecule has 1 N–H and O–H groups in total. The number of benzene rings is 1. The SMILES string of the molecule is CN(Cc1cccc(Cl)c1F)CC(O)CN1CCOCC1. The lowest BCUT2D eigenvalue weighted by Crippen LogP contribution is -2.44. The number of hydrogen-bond donors (Lipinski definition) is 1. The molecule has 1 atom stereocenters. The van der Waals surface area contributed by atoms with Crippen molar-refractivity contribution in [1.82, 2.24) is 9.80 Å². The molecule has 1 aromatic rings. The van der Waals surface area contributed by atoms with Crippen molar-refractivity contribution in [1.29, 1.82) is 0 Å². The molecule has 118 valence electrons. The molecule has 1 heterocycles. The first-order valence-corrected chi connectivity index (χ1v) is 7.53. The Morgan fingerprint density at radius 2 is 2.14 bits per heavy atom. The number of likely N-dealkylation sites (N-methyl/N-ethyl adjacent to an activating group) is 1. The molecule has 1 aliphatic heterocycles. The smallest absolute Gasteiger partial charge is 0.146 e. The molecule has 1 unspecified atom stereocenters. The van der Waals surface area contributed by atoms with Crippen LogP contribution < -0.4 is 0 Å². The second-order valence-corrected chi connectivity index (χ2v) is 5.88. The lowest BCUT2D eigenvalue weighted by atomic mass is 10.2. The van der Waals surface area contributed by atoms with E-state index in [4.69, 9.17) is 16.3 Å². The second kappa shape index (κ2) is 8.06. The summed E-state index contributed by atoms with van der Waals surface area (Å²) in [6, 6.07) is 4.98. The van der Waals surface area contributed by atoms with Crippen LogP contribution in [-0.4, -0.2) is 67.5 Å². The van der Waals surface area contributed by atoms with E-state index in [2.05, 4.69) is 4.90 Å². The summed E-state index contributed by atoms with van der Waals surface area (Å²) in [7, 11) is 1.86. The fourth-order valence-electron chi connectivity index (χ4n) is 2.53. The van der Waals surface area contributed by atoms with E-state index in [0.29, 0.717) is 25.2 Å². The Kier molecular flexibility index (Phi) is 6.39. The van der Waals surface area contributed by atoms with Gasteiger partial charge in [-0.3, -0.25) is 9.80 Å². The average Bonchev–Trinajstić information content (AvgIpc) is 2.44. The molecule has 0 spiro atoms. The summed E-state index contributed by atoms with van der Waals surface area (Å²) in [4.78, 5) is 4.09. The first-order chi connectivity index (χ1) is 10.1. The minimum atomic E-state index is -0.463. The molecule has 1 saturated heterocycles. The Hall–Kier alpha value is -0.720. The second-order valence-electron chi connectivity index (χ2n) is 5.48. The zero-order chi connectivity index (χ0) is 15.2. The normalized spacial score (nSPS) is 18.1. The first kappa shape index (κ1) is 16.6. The number of morpholine rings is 1. The Balaban J connectivity index is 1.80. The lowest BCUT2D eigenvalue weighted by molar-refractivity contribution is 0.00819. The van der Waals surface area contributed by atoms with Gasteiger partial charge in [0.15, 0.2) is 0 Å². The van der Waals surface area contributed by atoms with E-state index in [0.717, 1.165) is 26.3 Å². The van der Waals surface area contributed by atoms with Gasteiger partial charge in [-0.25, -0.2) is 4.39 Å². The van der Waals surface area contributed by atoms with E-state index >= 15 is 0 Å². The fourth-order valence-corrected chi connectivity index (χ4v) is 2.72. The van der Waals surface area contributed by atoms with Gasteiger partial charge in [-0.2, -0.15) is 0 Å². The molecular formula is C15H22ClFN2O2. The topological polar surface area (TPSA) is 35.9 Å². The van der Waals surface area contributed by atoms with Gasteiger partial charge in [-0.05, 0) is 13.1 Å². The van der Waals surface area contributed by atoms with Gasteiger partial charge in [0.2, 0.25) is 0 Å². The van der Waals surface area contributed by atoms with Crippen LogP contribution >= 0.6 is 11.6 Å². The minimum absolute atomic E-state index is 0.134. The van der Waals surface area contributed by atoms with E-state index in [1.54, 1.807) is 12.1 Å². The van der Waals surface area contributed by atoms with Crippen LogP contribution in [0.5, 0.6) is 0 Å². The van der Waals surface area contributed by atoms with Crippen molar-refractivity contribution in [3.8, 4) is 0 Å². The quantitative estimate of drug-likeness (QED) is 0.865. The van der Waals surface area contributed by atoms with Crippen LogP contribution in [-0.2, 0) is 11.3 Å². The first-order valence-electron chi connectivity index (χ1n) is 7.16. The number of hydrogen-bond acceptors (Lipinski definition) is 4. The van der Waals surface area contributed by atoms with Crippen molar-refractivity contribution < 1.29 is 14.2 Å². The van der Waals surface area contributed by atoms with Crippen molar-refractivity contribution in [2.24, 2.45) is 0 Å². The number of β-amino-alcohol motifs (C(OH)–C–C–N with tert-alkyl or cyclic N) is 1. The van der Waals surface area contributed by atoms with Crippen LogP contribution in [0.2, 0.25) is 5.02 Å². The Morgan fingerprint density at radius 1 is 1.43 bits per heavy atom. The number of halogens is 2. The lowest BCUT2D eigenvalue weighted by Gasteiger charge is -2.30. The average molecular weight is 317 g/mol. The van der Waals surface area contributed by atoms with Gasteiger partial charge in [0.1, 0.15) is 5.82 Å². The van der Waals surface area contributed by atoms with E-state index in [9.17, 15) is 9.50 Å². The van der Waals surface area contributed by atoms with E-state index in [1.807, 2.05) is 11.9 Å². The molecule has 0 aromatic heterocycles. The third-order valence-electron chi connectivity index (χ3n) is 3.57. The minimum Gasteiger partial charge on any atom is -0.390 e. The Bertz CT molecular complexity index is 455. The highest BCUT2D eigenvalue weighted by molar-refractivity contribution is 6.30. The summed E-state index contributed by atoms with van der Waals surface area (Å²) in [5.74, 6) is -0.381. The molecule has 2 rings (SSSR count). The molecule has 1 fully saturated rings. The summed E-state index contributed by atoms with van der Waals surface area (Å²) in [5.41, 5.74) is 0.545. The number of aliphatic hydroxyl groups excluding tert-OH is 1. The third-order valence-corrected chi connectivity index (χ3v) is 3.86. The van der Waals surface area contributed by atoms with Crippen LogP contribution in [0.4, 0.5) is 4.39 Å². The van der Waals surface area contributed by atoms with Crippen LogP contribution in [0.25, 0.3) is 0 Å². The summed E-state index contributed by atoms with van der Waals surface area (Å²) >= 11 is 5.77. The van der Waals surface area contributed by atoms with Crippen molar-refractivity contribution in [3.63, 3.8) is 0 Å². The van der Waals surface area contributed by atoms with Gasteiger partial charge in [0, 0.05) is 38.3 Å². The molecule has 0 radical (unpaired) electrons. The number of rotatable bonds is 6. The van der Waals surface area contributed by atoms with Crippen molar-refractivity contribution in [2.75, 3.05) is 46.4 Å². The maximum atomic E-state index is 13.8. The predicted molar refractivity (Wildman–Crippen MR) is 81.0 cm³/mol. The highest BCUT2D eigenvalue weighted by Gasteiger charge is 2.17. The van der Waals surface area contributed by atoms with Crippen molar-refractivity contribution >= 4 is 11.6 Å². The monoisotopic (exact) mass is 316 g/mol. The molecule has 4 nitrogen and oxygen atoms in total.